The lowest BCUT2D eigenvalue weighted by atomic mass is 9.98. The van der Waals surface area contributed by atoms with Crippen LogP contribution in [0.15, 0.2) is 30.3 Å². The highest BCUT2D eigenvalue weighted by Crippen LogP contribution is 2.23. The van der Waals surface area contributed by atoms with Crippen LogP contribution in [0.5, 0.6) is 0 Å². The van der Waals surface area contributed by atoms with Crippen LogP contribution in [0, 0.1) is 5.92 Å². The van der Waals surface area contributed by atoms with Crippen LogP contribution in [0.1, 0.15) is 45.8 Å². The summed E-state index contributed by atoms with van der Waals surface area (Å²) in [5.41, 5.74) is 1.02. The van der Waals surface area contributed by atoms with E-state index in [-0.39, 0.29) is 6.04 Å². The van der Waals surface area contributed by atoms with Gasteiger partial charge in [0.25, 0.3) is 0 Å². The van der Waals surface area contributed by atoms with Crippen molar-refractivity contribution >= 4 is 0 Å². The first-order valence-electron chi connectivity index (χ1n) is 7.07. The standard InChI is InChI=1S/C16H27NO/c1-5-15(17(6-2)12-13(3)4)16(18)14-10-8-7-9-11-14/h7-11,13,15-16,18H,5-6,12H2,1-4H3. The topological polar surface area (TPSA) is 23.5 Å². The van der Waals surface area contributed by atoms with Crippen LogP contribution in [0.2, 0.25) is 0 Å². The summed E-state index contributed by atoms with van der Waals surface area (Å²) in [5, 5.41) is 10.6. The number of hydrogen-bond acceptors (Lipinski definition) is 2. The van der Waals surface area contributed by atoms with E-state index in [4.69, 9.17) is 0 Å². The van der Waals surface area contributed by atoms with E-state index < -0.39 is 6.10 Å². The summed E-state index contributed by atoms with van der Waals surface area (Å²) >= 11 is 0. The molecule has 0 aliphatic rings. The van der Waals surface area contributed by atoms with E-state index in [2.05, 4.69) is 32.6 Å². The second kappa shape index (κ2) is 7.55. The van der Waals surface area contributed by atoms with Gasteiger partial charge in [0.05, 0.1) is 6.10 Å². The van der Waals surface area contributed by atoms with E-state index in [0.717, 1.165) is 25.1 Å². The van der Waals surface area contributed by atoms with Gasteiger partial charge < -0.3 is 5.11 Å². The lowest BCUT2D eigenvalue weighted by molar-refractivity contribution is 0.0422. The van der Waals surface area contributed by atoms with E-state index in [9.17, 15) is 5.11 Å². The smallest absolute Gasteiger partial charge is 0.0945 e. The lowest BCUT2D eigenvalue weighted by Crippen LogP contribution is -2.41. The Morgan fingerprint density at radius 1 is 1.11 bits per heavy atom. The fraction of sp³-hybridized carbons (Fsp3) is 0.625. The van der Waals surface area contributed by atoms with E-state index in [0.29, 0.717) is 5.92 Å². The highest BCUT2D eigenvalue weighted by molar-refractivity contribution is 5.18. The Bertz CT molecular complexity index is 323. The molecule has 0 aliphatic heterocycles. The van der Waals surface area contributed by atoms with Crippen LogP contribution >= 0.6 is 0 Å². The molecule has 2 unspecified atom stereocenters. The van der Waals surface area contributed by atoms with Gasteiger partial charge >= 0.3 is 0 Å². The molecule has 18 heavy (non-hydrogen) atoms. The van der Waals surface area contributed by atoms with Crippen molar-refractivity contribution in [2.24, 2.45) is 5.92 Å². The predicted molar refractivity (Wildman–Crippen MR) is 77.6 cm³/mol. The van der Waals surface area contributed by atoms with Gasteiger partial charge in [-0.25, -0.2) is 0 Å². The second-order valence-electron chi connectivity index (χ2n) is 5.31. The summed E-state index contributed by atoms with van der Waals surface area (Å²) in [6.45, 7) is 10.8. The molecule has 2 nitrogen and oxygen atoms in total. The van der Waals surface area contributed by atoms with Crippen molar-refractivity contribution in [2.45, 2.75) is 46.3 Å². The van der Waals surface area contributed by atoms with Crippen LogP contribution in [0.25, 0.3) is 0 Å². The van der Waals surface area contributed by atoms with Crippen LogP contribution in [0.3, 0.4) is 0 Å². The summed E-state index contributed by atoms with van der Waals surface area (Å²) in [6.07, 6.45) is 0.575. The maximum Gasteiger partial charge on any atom is 0.0945 e. The molecule has 1 N–H and O–H groups in total. The van der Waals surface area contributed by atoms with Crippen LogP contribution in [-0.4, -0.2) is 29.1 Å². The van der Waals surface area contributed by atoms with Crippen molar-refractivity contribution in [1.82, 2.24) is 4.90 Å². The molecule has 2 heteroatoms. The zero-order valence-corrected chi connectivity index (χ0v) is 12.1. The molecular formula is C16H27NO. The van der Waals surface area contributed by atoms with Gasteiger partial charge in [0, 0.05) is 12.6 Å². The number of rotatable bonds is 7. The molecule has 0 bridgehead atoms. The molecule has 0 radical (unpaired) electrons. The van der Waals surface area contributed by atoms with Crippen molar-refractivity contribution in [3.05, 3.63) is 35.9 Å². The summed E-state index contributed by atoms with van der Waals surface area (Å²) in [6, 6.07) is 10.2. The van der Waals surface area contributed by atoms with Crippen molar-refractivity contribution < 1.29 is 5.11 Å². The highest BCUT2D eigenvalue weighted by atomic mass is 16.3. The SMILES string of the molecule is CCC(C(O)c1ccccc1)N(CC)CC(C)C. The van der Waals surface area contributed by atoms with Crippen molar-refractivity contribution in [2.75, 3.05) is 13.1 Å². The Labute approximate surface area is 112 Å². The molecule has 0 fully saturated rings. The van der Waals surface area contributed by atoms with Gasteiger partial charge in [-0.2, -0.15) is 0 Å². The monoisotopic (exact) mass is 249 g/mol. The van der Waals surface area contributed by atoms with Crippen LogP contribution in [-0.2, 0) is 0 Å². The summed E-state index contributed by atoms with van der Waals surface area (Å²) in [5.74, 6) is 0.627. The van der Waals surface area contributed by atoms with E-state index >= 15 is 0 Å². The largest absolute Gasteiger partial charge is 0.387 e. The quantitative estimate of drug-likeness (QED) is 0.799. The third-order valence-corrected chi connectivity index (χ3v) is 3.40. The molecule has 0 aromatic heterocycles. The Morgan fingerprint density at radius 3 is 2.17 bits per heavy atom. The average Bonchev–Trinajstić information content (AvgIpc) is 2.38. The first kappa shape index (κ1) is 15.2. The molecule has 1 aromatic carbocycles. The zero-order valence-electron chi connectivity index (χ0n) is 12.1. The Hall–Kier alpha value is -0.860. The van der Waals surface area contributed by atoms with Crippen molar-refractivity contribution in [1.29, 1.82) is 0 Å². The minimum Gasteiger partial charge on any atom is -0.387 e. The third kappa shape index (κ3) is 4.11. The summed E-state index contributed by atoms with van der Waals surface area (Å²) < 4.78 is 0. The number of nitrogens with zero attached hydrogens (tertiary/aromatic N) is 1. The zero-order chi connectivity index (χ0) is 13.5. The second-order valence-corrected chi connectivity index (χ2v) is 5.31. The maximum atomic E-state index is 10.6. The van der Waals surface area contributed by atoms with Gasteiger partial charge in [0.15, 0.2) is 0 Å². The first-order valence-corrected chi connectivity index (χ1v) is 7.07. The molecule has 1 aromatic rings. The molecule has 102 valence electrons. The van der Waals surface area contributed by atoms with Crippen LogP contribution < -0.4 is 0 Å². The average molecular weight is 249 g/mol. The number of benzene rings is 1. The number of aliphatic hydroxyl groups excluding tert-OH is 1. The molecule has 1 rings (SSSR count). The minimum absolute atomic E-state index is 0.208. The summed E-state index contributed by atoms with van der Waals surface area (Å²) in [7, 11) is 0. The van der Waals surface area contributed by atoms with Gasteiger partial charge in [-0.3, -0.25) is 4.90 Å². The summed E-state index contributed by atoms with van der Waals surface area (Å²) in [4.78, 5) is 2.39. The van der Waals surface area contributed by atoms with Gasteiger partial charge in [-0.05, 0) is 24.4 Å². The van der Waals surface area contributed by atoms with Gasteiger partial charge in [-0.1, -0.05) is 58.0 Å². The van der Waals surface area contributed by atoms with Gasteiger partial charge in [-0.15, -0.1) is 0 Å². The van der Waals surface area contributed by atoms with E-state index in [1.54, 1.807) is 0 Å². The number of likely N-dealkylation sites (N-methyl/N-ethyl adjacent to an activating group) is 1. The first-order chi connectivity index (χ1) is 8.60. The Morgan fingerprint density at radius 2 is 1.72 bits per heavy atom. The molecule has 0 spiro atoms. The molecule has 0 saturated heterocycles. The predicted octanol–water partition coefficient (Wildman–Crippen LogP) is 3.48. The maximum absolute atomic E-state index is 10.6. The van der Waals surface area contributed by atoms with E-state index in [1.165, 1.54) is 0 Å². The fourth-order valence-electron chi connectivity index (χ4n) is 2.52. The van der Waals surface area contributed by atoms with Gasteiger partial charge in [0.1, 0.15) is 0 Å². The molecule has 0 aliphatic carbocycles. The Kier molecular flexibility index (Phi) is 6.37. The normalized spacial score (nSPS) is 15.1. The minimum atomic E-state index is -0.394. The lowest BCUT2D eigenvalue weighted by Gasteiger charge is -2.34. The third-order valence-electron chi connectivity index (χ3n) is 3.40. The molecule has 0 heterocycles. The molecule has 0 saturated carbocycles. The van der Waals surface area contributed by atoms with E-state index in [1.807, 2.05) is 30.3 Å². The van der Waals surface area contributed by atoms with Crippen molar-refractivity contribution in [3.63, 3.8) is 0 Å². The molecule has 2 atom stereocenters. The fourth-order valence-corrected chi connectivity index (χ4v) is 2.52. The molecule has 0 amide bonds. The highest BCUT2D eigenvalue weighted by Gasteiger charge is 2.24. The Balaban J connectivity index is 2.81. The number of aliphatic hydroxyl groups is 1. The van der Waals surface area contributed by atoms with Crippen LogP contribution in [0.4, 0.5) is 0 Å². The molecular weight excluding hydrogens is 222 g/mol. The number of hydrogen-bond donors (Lipinski definition) is 1. The van der Waals surface area contributed by atoms with Crippen molar-refractivity contribution in [3.8, 4) is 0 Å². The van der Waals surface area contributed by atoms with Gasteiger partial charge in [0.2, 0.25) is 0 Å².